The van der Waals surface area contributed by atoms with Crippen LogP contribution in [0.5, 0.6) is 0 Å². The van der Waals surface area contributed by atoms with Gasteiger partial charge in [-0.3, -0.25) is 4.79 Å². The monoisotopic (exact) mass is 400 g/mol. The molecule has 146 valence electrons. The lowest BCUT2D eigenvalue weighted by molar-refractivity contribution is 0.102. The van der Waals surface area contributed by atoms with E-state index < -0.39 is 10.0 Å². The first-order chi connectivity index (χ1) is 13.5. The van der Waals surface area contributed by atoms with Gasteiger partial charge in [0.05, 0.1) is 4.90 Å². The molecule has 1 amide bonds. The average Bonchev–Trinajstić information content (AvgIpc) is 3.24. The summed E-state index contributed by atoms with van der Waals surface area (Å²) in [7, 11) is -3.55. The zero-order valence-electron chi connectivity index (χ0n) is 15.5. The fourth-order valence-corrected chi connectivity index (χ4v) is 4.18. The lowest BCUT2D eigenvalue weighted by Gasteiger charge is -2.18. The van der Waals surface area contributed by atoms with E-state index in [1.165, 1.54) is 35.0 Å². The van der Waals surface area contributed by atoms with Crippen molar-refractivity contribution in [1.82, 2.24) is 14.5 Å². The minimum absolute atomic E-state index is 0.158. The van der Waals surface area contributed by atoms with Crippen LogP contribution in [0.2, 0.25) is 0 Å². The van der Waals surface area contributed by atoms with Crippen LogP contribution in [-0.2, 0) is 10.0 Å². The molecule has 3 rings (SSSR count). The summed E-state index contributed by atoms with van der Waals surface area (Å²) < 4.78 is 31.6. The number of carbonyl (C=O) groups excluding carboxylic acids is 1. The van der Waals surface area contributed by atoms with Gasteiger partial charge >= 0.3 is 0 Å². The molecule has 0 aliphatic rings. The average molecular weight is 400 g/mol. The topological polar surface area (TPSA) is 105 Å². The molecule has 0 radical (unpaired) electrons. The number of carbonyl (C=O) groups is 1. The summed E-state index contributed by atoms with van der Waals surface area (Å²) in [6.07, 6.45) is 1.23. The number of aromatic nitrogens is 2. The molecule has 1 heterocycles. The Morgan fingerprint density at radius 3 is 2.43 bits per heavy atom. The molecule has 0 bridgehead atoms. The molecule has 8 nitrogen and oxygen atoms in total. The highest BCUT2D eigenvalue weighted by Crippen LogP contribution is 2.21. The maximum atomic E-state index is 12.5. The van der Waals surface area contributed by atoms with E-state index in [2.05, 4.69) is 15.5 Å². The summed E-state index contributed by atoms with van der Waals surface area (Å²) in [5.74, 6) is -0.00322. The highest BCUT2D eigenvalue weighted by Gasteiger charge is 2.21. The number of sulfonamides is 1. The molecule has 1 aromatic heterocycles. The summed E-state index contributed by atoms with van der Waals surface area (Å²) in [6.45, 7) is 4.34. The molecule has 1 N–H and O–H groups in total. The first kappa shape index (κ1) is 19.7. The van der Waals surface area contributed by atoms with Crippen molar-refractivity contribution in [3.05, 3.63) is 60.5 Å². The van der Waals surface area contributed by atoms with Gasteiger partial charge < -0.3 is 9.73 Å². The van der Waals surface area contributed by atoms with E-state index in [1.807, 2.05) is 0 Å². The number of anilines is 1. The lowest BCUT2D eigenvalue weighted by Crippen LogP contribution is -2.30. The Bertz CT molecular complexity index is 1040. The zero-order valence-corrected chi connectivity index (χ0v) is 16.3. The fraction of sp³-hybridized carbons (Fsp3) is 0.211. The maximum Gasteiger partial charge on any atom is 0.255 e. The Labute approximate surface area is 163 Å². The highest BCUT2D eigenvalue weighted by atomic mass is 32.2. The lowest BCUT2D eigenvalue weighted by atomic mass is 10.1. The first-order valence-electron chi connectivity index (χ1n) is 8.74. The van der Waals surface area contributed by atoms with Gasteiger partial charge in [0.1, 0.15) is 0 Å². The van der Waals surface area contributed by atoms with Crippen molar-refractivity contribution in [2.45, 2.75) is 18.7 Å². The highest BCUT2D eigenvalue weighted by molar-refractivity contribution is 7.89. The quantitative estimate of drug-likeness (QED) is 0.653. The second kappa shape index (κ2) is 8.32. The van der Waals surface area contributed by atoms with Crippen LogP contribution in [-0.4, -0.2) is 41.9 Å². The van der Waals surface area contributed by atoms with E-state index in [0.717, 1.165) is 0 Å². The van der Waals surface area contributed by atoms with Crippen molar-refractivity contribution in [1.29, 1.82) is 0 Å². The first-order valence-corrected chi connectivity index (χ1v) is 10.2. The number of amides is 1. The van der Waals surface area contributed by atoms with Gasteiger partial charge in [-0.05, 0) is 42.5 Å². The molecular formula is C19H20N4O4S. The minimum Gasteiger partial charge on any atom is -0.423 e. The van der Waals surface area contributed by atoms with Gasteiger partial charge in [-0.2, -0.15) is 4.31 Å². The molecule has 0 spiro atoms. The maximum absolute atomic E-state index is 12.5. The van der Waals surface area contributed by atoms with E-state index in [4.69, 9.17) is 4.42 Å². The molecule has 28 heavy (non-hydrogen) atoms. The fourth-order valence-electron chi connectivity index (χ4n) is 2.72. The summed E-state index contributed by atoms with van der Waals surface area (Å²) >= 11 is 0. The summed E-state index contributed by atoms with van der Waals surface area (Å²) in [4.78, 5) is 12.7. The van der Waals surface area contributed by atoms with Gasteiger partial charge in [0, 0.05) is 29.9 Å². The molecule has 0 saturated carbocycles. The van der Waals surface area contributed by atoms with Crippen LogP contribution in [0.15, 0.2) is 64.2 Å². The second-order valence-corrected chi connectivity index (χ2v) is 7.83. The van der Waals surface area contributed by atoms with Crippen LogP contribution < -0.4 is 5.32 Å². The van der Waals surface area contributed by atoms with Gasteiger partial charge in [-0.1, -0.05) is 19.9 Å². The van der Waals surface area contributed by atoms with E-state index in [1.54, 1.807) is 38.1 Å². The van der Waals surface area contributed by atoms with Crippen LogP contribution in [0.3, 0.4) is 0 Å². The van der Waals surface area contributed by atoms with Gasteiger partial charge in [0.2, 0.25) is 22.3 Å². The Morgan fingerprint density at radius 2 is 1.82 bits per heavy atom. The minimum atomic E-state index is -3.55. The van der Waals surface area contributed by atoms with E-state index in [0.29, 0.717) is 35.8 Å². The summed E-state index contributed by atoms with van der Waals surface area (Å²) in [6, 6.07) is 12.9. The Kier molecular flexibility index (Phi) is 5.86. The Balaban J connectivity index is 1.76. The third kappa shape index (κ3) is 4.10. The van der Waals surface area contributed by atoms with Crippen LogP contribution in [0.4, 0.5) is 5.69 Å². The number of benzene rings is 2. The normalized spacial score (nSPS) is 11.5. The van der Waals surface area contributed by atoms with E-state index in [-0.39, 0.29) is 10.8 Å². The van der Waals surface area contributed by atoms with Gasteiger partial charge in [0.25, 0.3) is 5.91 Å². The van der Waals surface area contributed by atoms with E-state index >= 15 is 0 Å². The molecule has 0 unspecified atom stereocenters. The largest absolute Gasteiger partial charge is 0.423 e. The second-order valence-electron chi connectivity index (χ2n) is 5.89. The van der Waals surface area contributed by atoms with Crippen molar-refractivity contribution in [3.63, 3.8) is 0 Å². The van der Waals surface area contributed by atoms with Crippen molar-refractivity contribution < 1.29 is 17.6 Å². The summed E-state index contributed by atoms with van der Waals surface area (Å²) in [5.41, 5.74) is 1.58. The molecule has 3 aromatic rings. The Morgan fingerprint density at radius 1 is 1.11 bits per heavy atom. The van der Waals surface area contributed by atoms with Crippen molar-refractivity contribution in [3.8, 4) is 11.5 Å². The molecule has 9 heteroatoms. The number of nitrogens with one attached hydrogen (secondary N) is 1. The molecule has 0 saturated heterocycles. The number of hydrogen-bond donors (Lipinski definition) is 1. The SMILES string of the molecule is CCN(CC)S(=O)(=O)c1ccc(C(=O)Nc2cccc(-c3nnco3)c2)cc1. The van der Waals surface area contributed by atoms with Gasteiger partial charge in [0.15, 0.2) is 0 Å². The number of hydrogen-bond acceptors (Lipinski definition) is 6. The van der Waals surface area contributed by atoms with Crippen molar-refractivity contribution in [2.24, 2.45) is 0 Å². The van der Waals surface area contributed by atoms with Crippen molar-refractivity contribution >= 4 is 21.6 Å². The molecule has 0 aliphatic heterocycles. The predicted octanol–water partition coefficient (Wildman–Crippen LogP) is 3.02. The van der Waals surface area contributed by atoms with Crippen LogP contribution in [0.25, 0.3) is 11.5 Å². The van der Waals surface area contributed by atoms with Gasteiger partial charge in [-0.15, -0.1) is 10.2 Å². The molecular weight excluding hydrogens is 380 g/mol. The van der Waals surface area contributed by atoms with Gasteiger partial charge in [-0.25, -0.2) is 8.42 Å². The van der Waals surface area contributed by atoms with Crippen LogP contribution in [0, 0.1) is 0 Å². The van der Waals surface area contributed by atoms with Crippen LogP contribution >= 0.6 is 0 Å². The molecule has 0 aliphatic carbocycles. The van der Waals surface area contributed by atoms with E-state index in [9.17, 15) is 13.2 Å². The number of rotatable bonds is 7. The third-order valence-corrected chi connectivity index (χ3v) is 6.25. The van der Waals surface area contributed by atoms with Crippen LogP contribution in [0.1, 0.15) is 24.2 Å². The summed E-state index contributed by atoms with van der Waals surface area (Å²) in [5, 5.41) is 10.2. The molecule has 0 atom stereocenters. The number of nitrogens with zero attached hydrogens (tertiary/aromatic N) is 3. The Hall–Kier alpha value is -3.04. The predicted molar refractivity (Wildman–Crippen MR) is 104 cm³/mol. The zero-order chi connectivity index (χ0) is 20.1. The third-order valence-electron chi connectivity index (χ3n) is 4.19. The standard InChI is InChI=1S/C19H20N4O4S/c1-3-23(4-2)28(25,26)17-10-8-14(9-11-17)18(24)21-16-7-5-6-15(12-16)19-22-20-13-27-19/h5-13H,3-4H2,1-2H3,(H,21,24). The molecule has 0 fully saturated rings. The smallest absolute Gasteiger partial charge is 0.255 e. The molecule has 2 aromatic carbocycles. The van der Waals surface area contributed by atoms with Crippen molar-refractivity contribution in [2.75, 3.05) is 18.4 Å².